The highest BCUT2D eigenvalue weighted by Gasteiger charge is 2.15. The molecular weight excluding hydrogens is 190 g/mol. The molecule has 0 fully saturated rings. The molecule has 0 saturated heterocycles. The lowest BCUT2D eigenvalue weighted by Crippen LogP contribution is -2.32. The van der Waals surface area contributed by atoms with Gasteiger partial charge < -0.3 is 5.11 Å². The van der Waals surface area contributed by atoms with Gasteiger partial charge in [-0.3, -0.25) is 4.90 Å². The van der Waals surface area contributed by atoms with E-state index in [4.69, 9.17) is 5.11 Å². The molecule has 0 saturated carbocycles. The van der Waals surface area contributed by atoms with Gasteiger partial charge >= 0.3 is 6.09 Å². The first-order chi connectivity index (χ1) is 7.00. The molecular formula is C12H17NO2. The number of rotatable bonds is 3. The van der Waals surface area contributed by atoms with Crippen LogP contribution in [0.4, 0.5) is 10.5 Å². The Hall–Kier alpha value is -1.51. The minimum atomic E-state index is -0.894. The highest BCUT2D eigenvalue weighted by atomic mass is 16.4. The van der Waals surface area contributed by atoms with E-state index in [1.165, 1.54) is 4.90 Å². The van der Waals surface area contributed by atoms with Crippen molar-refractivity contribution in [2.45, 2.75) is 20.8 Å². The van der Waals surface area contributed by atoms with E-state index in [2.05, 4.69) is 0 Å². The normalized spacial score (nSPS) is 10.4. The summed E-state index contributed by atoms with van der Waals surface area (Å²) in [7, 11) is 0. The van der Waals surface area contributed by atoms with Gasteiger partial charge in [0.15, 0.2) is 0 Å². The van der Waals surface area contributed by atoms with Crippen LogP contribution in [0.3, 0.4) is 0 Å². The molecule has 0 aromatic heterocycles. The van der Waals surface area contributed by atoms with Crippen LogP contribution < -0.4 is 4.90 Å². The van der Waals surface area contributed by atoms with Gasteiger partial charge in [-0.1, -0.05) is 26.0 Å². The fourth-order valence-corrected chi connectivity index (χ4v) is 1.45. The van der Waals surface area contributed by atoms with Crippen molar-refractivity contribution in [3.05, 3.63) is 29.8 Å². The van der Waals surface area contributed by atoms with Crippen LogP contribution in [0.1, 0.15) is 19.4 Å². The van der Waals surface area contributed by atoms with E-state index in [-0.39, 0.29) is 0 Å². The Kier molecular flexibility index (Phi) is 3.72. The first-order valence-electron chi connectivity index (χ1n) is 5.08. The Morgan fingerprint density at radius 1 is 1.47 bits per heavy atom. The zero-order valence-corrected chi connectivity index (χ0v) is 9.40. The van der Waals surface area contributed by atoms with Crippen LogP contribution in [0.2, 0.25) is 0 Å². The lowest BCUT2D eigenvalue weighted by atomic mass is 10.1. The Morgan fingerprint density at radius 3 is 2.60 bits per heavy atom. The summed E-state index contributed by atoms with van der Waals surface area (Å²) in [6.45, 7) is 6.50. The fraction of sp³-hybridized carbons (Fsp3) is 0.417. The van der Waals surface area contributed by atoms with Crippen LogP contribution in [0.15, 0.2) is 24.3 Å². The maximum Gasteiger partial charge on any atom is 0.411 e. The van der Waals surface area contributed by atoms with E-state index < -0.39 is 6.09 Å². The Balaban J connectivity index is 2.94. The third-order valence-corrected chi connectivity index (χ3v) is 2.09. The maximum absolute atomic E-state index is 11.1. The molecule has 1 aromatic rings. The average molecular weight is 207 g/mol. The van der Waals surface area contributed by atoms with Gasteiger partial charge in [0.2, 0.25) is 0 Å². The molecule has 1 rings (SSSR count). The molecule has 0 unspecified atom stereocenters. The number of aryl methyl sites for hydroxylation is 1. The molecule has 0 atom stereocenters. The van der Waals surface area contributed by atoms with Crippen LogP contribution >= 0.6 is 0 Å². The van der Waals surface area contributed by atoms with Gasteiger partial charge in [-0.2, -0.15) is 0 Å². The maximum atomic E-state index is 11.1. The van der Waals surface area contributed by atoms with Crippen LogP contribution in [0.5, 0.6) is 0 Å². The summed E-state index contributed by atoms with van der Waals surface area (Å²) in [4.78, 5) is 12.5. The lowest BCUT2D eigenvalue weighted by Gasteiger charge is -2.21. The van der Waals surface area contributed by atoms with Crippen LogP contribution in [0, 0.1) is 12.8 Å². The van der Waals surface area contributed by atoms with E-state index in [1.54, 1.807) is 0 Å². The average Bonchev–Trinajstić information content (AvgIpc) is 2.13. The molecule has 3 nitrogen and oxygen atoms in total. The van der Waals surface area contributed by atoms with Crippen molar-refractivity contribution in [1.29, 1.82) is 0 Å². The zero-order chi connectivity index (χ0) is 11.4. The number of amides is 1. The Labute approximate surface area is 90.3 Å². The highest BCUT2D eigenvalue weighted by molar-refractivity contribution is 5.86. The third-order valence-electron chi connectivity index (χ3n) is 2.09. The van der Waals surface area contributed by atoms with Crippen molar-refractivity contribution in [3.8, 4) is 0 Å². The Morgan fingerprint density at radius 2 is 2.13 bits per heavy atom. The topological polar surface area (TPSA) is 40.5 Å². The standard InChI is InChI=1S/C12H17NO2/c1-9(2)8-13(12(14)15)11-6-4-5-10(3)7-11/h4-7,9H,8H2,1-3H3,(H,14,15). The van der Waals surface area contributed by atoms with Crippen LogP contribution in [-0.2, 0) is 0 Å². The van der Waals surface area contributed by atoms with E-state index in [1.807, 2.05) is 45.0 Å². The fourth-order valence-electron chi connectivity index (χ4n) is 1.45. The van der Waals surface area contributed by atoms with Crippen molar-refractivity contribution in [2.75, 3.05) is 11.4 Å². The monoisotopic (exact) mass is 207 g/mol. The molecule has 1 aromatic carbocycles. The highest BCUT2D eigenvalue weighted by Crippen LogP contribution is 2.17. The zero-order valence-electron chi connectivity index (χ0n) is 9.40. The number of anilines is 1. The van der Waals surface area contributed by atoms with Gasteiger partial charge in [-0.05, 0) is 30.5 Å². The molecule has 3 heteroatoms. The molecule has 0 heterocycles. The molecule has 82 valence electrons. The number of carbonyl (C=O) groups is 1. The van der Waals surface area contributed by atoms with E-state index in [0.717, 1.165) is 11.3 Å². The second-order valence-corrected chi connectivity index (χ2v) is 4.13. The van der Waals surface area contributed by atoms with E-state index >= 15 is 0 Å². The number of hydrogen-bond donors (Lipinski definition) is 1. The smallest absolute Gasteiger partial charge is 0.411 e. The number of carboxylic acid groups (broad SMARTS) is 1. The van der Waals surface area contributed by atoms with Crippen molar-refractivity contribution in [1.82, 2.24) is 0 Å². The van der Waals surface area contributed by atoms with Gasteiger partial charge in [-0.15, -0.1) is 0 Å². The van der Waals surface area contributed by atoms with Crippen molar-refractivity contribution < 1.29 is 9.90 Å². The second-order valence-electron chi connectivity index (χ2n) is 4.13. The van der Waals surface area contributed by atoms with Crippen LogP contribution in [0.25, 0.3) is 0 Å². The van der Waals surface area contributed by atoms with Gasteiger partial charge in [0.25, 0.3) is 0 Å². The number of hydrogen-bond acceptors (Lipinski definition) is 1. The number of benzene rings is 1. The SMILES string of the molecule is Cc1cccc(N(CC(C)C)C(=O)O)c1. The third kappa shape index (κ3) is 3.27. The molecule has 1 amide bonds. The van der Waals surface area contributed by atoms with Crippen molar-refractivity contribution >= 4 is 11.8 Å². The summed E-state index contributed by atoms with van der Waals surface area (Å²) in [5.41, 5.74) is 1.82. The van der Waals surface area contributed by atoms with Crippen LogP contribution in [-0.4, -0.2) is 17.7 Å². The molecule has 0 aliphatic rings. The van der Waals surface area contributed by atoms with Crippen molar-refractivity contribution in [3.63, 3.8) is 0 Å². The summed E-state index contributed by atoms with van der Waals surface area (Å²) < 4.78 is 0. The molecule has 0 radical (unpaired) electrons. The molecule has 0 spiro atoms. The summed E-state index contributed by atoms with van der Waals surface area (Å²) >= 11 is 0. The lowest BCUT2D eigenvalue weighted by molar-refractivity contribution is 0.201. The molecule has 0 aliphatic heterocycles. The van der Waals surface area contributed by atoms with Gasteiger partial charge in [0.1, 0.15) is 0 Å². The molecule has 0 bridgehead atoms. The van der Waals surface area contributed by atoms with Gasteiger partial charge in [0, 0.05) is 12.2 Å². The minimum Gasteiger partial charge on any atom is -0.465 e. The predicted octanol–water partition coefficient (Wildman–Crippen LogP) is 3.14. The van der Waals surface area contributed by atoms with E-state index in [9.17, 15) is 4.79 Å². The van der Waals surface area contributed by atoms with Gasteiger partial charge in [0.05, 0.1) is 0 Å². The summed E-state index contributed by atoms with van der Waals surface area (Å²) in [5, 5.41) is 9.09. The van der Waals surface area contributed by atoms with Crippen molar-refractivity contribution in [2.24, 2.45) is 5.92 Å². The molecule has 15 heavy (non-hydrogen) atoms. The largest absolute Gasteiger partial charge is 0.465 e. The first kappa shape index (κ1) is 11.6. The first-order valence-corrected chi connectivity index (χ1v) is 5.08. The minimum absolute atomic E-state index is 0.321. The second kappa shape index (κ2) is 4.82. The molecule has 1 N–H and O–H groups in total. The summed E-state index contributed by atoms with van der Waals surface area (Å²) in [5.74, 6) is 0.321. The Bertz CT molecular complexity index is 347. The summed E-state index contributed by atoms with van der Waals surface area (Å²) in [6.07, 6.45) is -0.894. The number of nitrogens with zero attached hydrogens (tertiary/aromatic N) is 1. The van der Waals surface area contributed by atoms with E-state index in [0.29, 0.717) is 12.5 Å². The quantitative estimate of drug-likeness (QED) is 0.827. The summed E-state index contributed by atoms with van der Waals surface area (Å²) in [6, 6.07) is 7.54. The molecule has 0 aliphatic carbocycles. The predicted molar refractivity (Wildman–Crippen MR) is 61.4 cm³/mol. The van der Waals surface area contributed by atoms with Gasteiger partial charge in [-0.25, -0.2) is 4.79 Å².